The average Bonchev–Trinajstić information content (AvgIpc) is 2.80. The van der Waals surface area contributed by atoms with Gasteiger partial charge in [-0.1, -0.05) is 11.3 Å². The van der Waals surface area contributed by atoms with Gasteiger partial charge in [0.05, 0.1) is 0 Å². The molecular weight excluding hydrogens is 246 g/mol. The fraction of sp³-hybridized carbons (Fsp3) is 0.769. The van der Waals surface area contributed by atoms with Crippen LogP contribution in [0.1, 0.15) is 32.1 Å². The van der Waals surface area contributed by atoms with Crippen LogP contribution >= 0.6 is 11.3 Å². The number of amides is 1. The molecule has 1 aromatic rings. The Kier molecular flexibility index (Phi) is 2.43. The van der Waals surface area contributed by atoms with E-state index < -0.39 is 0 Å². The molecule has 4 nitrogen and oxygen atoms in total. The minimum absolute atomic E-state index is 0.195. The minimum Gasteiger partial charge on any atom is -0.300 e. The Morgan fingerprint density at radius 1 is 1.17 bits per heavy atom. The van der Waals surface area contributed by atoms with Crippen LogP contribution in [-0.2, 0) is 4.79 Å². The second kappa shape index (κ2) is 4.02. The quantitative estimate of drug-likeness (QED) is 0.892. The number of hydrogen-bond donors (Lipinski definition) is 1. The lowest BCUT2D eigenvalue weighted by molar-refractivity contribution is -0.132. The third-order valence-corrected chi connectivity index (χ3v) is 5.73. The summed E-state index contributed by atoms with van der Waals surface area (Å²) in [6.45, 7) is 0. The average molecular weight is 263 g/mol. The Hall–Kier alpha value is -0.970. The highest BCUT2D eigenvalue weighted by Gasteiger charge is 2.50. The van der Waals surface area contributed by atoms with Gasteiger partial charge in [0.1, 0.15) is 5.51 Å². The van der Waals surface area contributed by atoms with Crippen molar-refractivity contribution >= 4 is 22.4 Å². The van der Waals surface area contributed by atoms with E-state index in [2.05, 4.69) is 15.5 Å². The van der Waals surface area contributed by atoms with Gasteiger partial charge in [-0.25, -0.2) is 0 Å². The number of anilines is 1. The first-order valence-corrected chi connectivity index (χ1v) is 7.74. The molecule has 0 atom stereocenters. The highest BCUT2D eigenvalue weighted by Crippen LogP contribution is 2.56. The third-order valence-electron chi connectivity index (χ3n) is 5.12. The summed E-state index contributed by atoms with van der Waals surface area (Å²) in [7, 11) is 0. The molecule has 5 heteroatoms. The molecule has 4 aliphatic carbocycles. The number of carbonyl (C=O) groups is 1. The summed E-state index contributed by atoms with van der Waals surface area (Å²) in [6, 6.07) is 0. The number of hydrogen-bond acceptors (Lipinski definition) is 4. The molecular formula is C13H17N3OS. The molecule has 1 heterocycles. The number of carbonyl (C=O) groups excluding carboxylic acids is 1. The van der Waals surface area contributed by atoms with Crippen LogP contribution in [0.25, 0.3) is 0 Å². The first-order valence-electron chi connectivity index (χ1n) is 6.86. The molecule has 1 amide bonds. The van der Waals surface area contributed by atoms with Crippen LogP contribution < -0.4 is 5.32 Å². The van der Waals surface area contributed by atoms with Crippen LogP contribution in [0.5, 0.6) is 0 Å². The standard InChI is InChI=1S/C13H17N3OS/c17-12(15-13-16-14-6-18-13)11-9-2-7-1-8(4-9)5-10(11)3-7/h6-11H,1-5H2,(H,15,16,17). The first-order chi connectivity index (χ1) is 8.79. The van der Waals surface area contributed by atoms with Crippen LogP contribution in [0.2, 0.25) is 0 Å². The molecule has 0 aromatic carbocycles. The van der Waals surface area contributed by atoms with E-state index in [4.69, 9.17) is 0 Å². The lowest BCUT2D eigenvalue weighted by Gasteiger charge is -2.53. The van der Waals surface area contributed by atoms with Crippen LogP contribution in [0.15, 0.2) is 5.51 Å². The van der Waals surface area contributed by atoms with Gasteiger partial charge in [0, 0.05) is 5.92 Å². The Morgan fingerprint density at radius 3 is 2.39 bits per heavy atom. The number of nitrogens with one attached hydrogen (secondary N) is 1. The van der Waals surface area contributed by atoms with Crippen LogP contribution in [0.3, 0.4) is 0 Å². The molecule has 0 spiro atoms. The van der Waals surface area contributed by atoms with E-state index in [1.807, 2.05) is 0 Å². The molecule has 4 bridgehead atoms. The zero-order valence-corrected chi connectivity index (χ0v) is 11.0. The van der Waals surface area contributed by atoms with Gasteiger partial charge in [0.2, 0.25) is 11.0 Å². The molecule has 0 radical (unpaired) electrons. The van der Waals surface area contributed by atoms with Crippen molar-refractivity contribution in [1.29, 1.82) is 0 Å². The first kappa shape index (κ1) is 10.9. The van der Waals surface area contributed by atoms with E-state index in [0.29, 0.717) is 17.0 Å². The predicted molar refractivity (Wildman–Crippen MR) is 69.1 cm³/mol. The maximum atomic E-state index is 12.4. The fourth-order valence-corrected chi connectivity index (χ4v) is 5.22. The van der Waals surface area contributed by atoms with Crippen molar-refractivity contribution in [2.24, 2.45) is 29.6 Å². The molecule has 0 unspecified atom stereocenters. The summed E-state index contributed by atoms with van der Waals surface area (Å²) in [5.41, 5.74) is 1.66. The van der Waals surface area contributed by atoms with Crippen molar-refractivity contribution < 1.29 is 4.79 Å². The zero-order chi connectivity index (χ0) is 12.1. The SMILES string of the molecule is O=C(Nc1nncs1)C1C2CC3CC(C2)CC1C3. The van der Waals surface area contributed by atoms with Gasteiger partial charge < -0.3 is 5.32 Å². The molecule has 5 rings (SSSR count). The van der Waals surface area contributed by atoms with E-state index in [1.165, 1.54) is 43.4 Å². The molecule has 1 aromatic heterocycles. The van der Waals surface area contributed by atoms with Gasteiger partial charge in [0.15, 0.2) is 0 Å². The highest BCUT2D eigenvalue weighted by atomic mass is 32.1. The van der Waals surface area contributed by atoms with E-state index in [-0.39, 0.29) is 11.8 Å². The highest BCUT2D eigenvalue weighted by molar-refractivity contribution is 7.13. The van der Waals surface area contributed by atoms with Crippen LogP contribution in [-0.4, -0.2) is 16.1 Å². The van der Waals surface area contributed by atoms with Crippen molar-refractivity contribution in [2.45, 2.75) is 32.1 Å². The van der Waals surface area contributed by atoms with Crippen LogP contribution in [0, 0.1) is 29.6 Å². The van der Waals surface area contributed by atoms with Crippen molar-refractivity contribution in [1.82, 2.24) is 10.2 Å². The smallest absolute Gasteiger partial charge is 0.229 e. The lowest BCUT2D eigenvalue weighted by Crippen LogP contribution is -2.49. The lowest BCUT2D eigenvalue weighted by atomic mass is 9.51. The van der Waals surface area contributed by atoms with Gasteiger partial charge in [0.25, 0.3) is 0 Å². The van der Waals surface area contributed by atoms with Crippen molar-refractivity contribution in [3.05, 3.63) is 5.51 Å². The maximum absolute atomic E-state index is 12.4. The van der Waals surface area contributed by atoms with E-state index >= 15 is 0 Å². The maximum Gasteiger partial charge on any atom is 0.229 e. The second-order valence-electron chi connectivity index (χ2n) is 6.19. The molecule has 0 saturated heterocycles. The zero-order valence-electron chi connectivity index (χ0n) is 10.2. The third kappa shape index (κ3) is 1.67. The van der Waals surface area contributed by atoms with E-state index in [0.717, 1.165) is 11.8 Å². The van der Waals surface area contributed by atoms with Gasteiger partial charge in [-0.15, -0.1) is 10.2 Å². The second-order valence-corrected chi connectivity index (χ2v) is 7.02. The topological polar surface area (TPSA) is 54.9 Å². The Morgan fingerprint density at radius 2 is 1.83 bits per heavy atom. The largest absolute Gasteiger partial charge is 0.300 e. The molecule has 4 saturated carbocycles. The van der Waals surface area contributed by atoms with Crippen molar-refractivity contribution in [2.75, 3.05) is 5.32 Å². The summed E-state index contributed by atoms with van der Waals surface area (Å²) in [4.78, 5) is 12.4. The minimum atomic E-state index is 0.195. The van der Waals surface area contributed by atoms with Crippen molar-refractivity contribution in [3.8, 4) is 0 Å². The van der Waals surface area contributed by atoms with Crippen molar-refractivity contribution in [3.63, 3.8) is 0 Å². The van der Waals surface area contributed by atoms with Gasteiger partial charge in [-0.05, 0) is 55.8 Å². The summed E-state index contributed by atoms with van der Waals surface area (Å²) in [5.74, 6) is 3.53. The summed E-state index contributed by atoms with van der Waals surface area (Å²) in [6.07, 6.45) is 6.54. The molecule has 1 N–H and O–H groups in total. The molecule has 18 heavy (non-hydrogen) atoms. The van der Waals surface area contributed by atoms with E-state index in [1.54, 1.807) is 5.51 Å². The predicted octanol–water partition coefficient (Wildman–Crippen LogP) is 2.55. The van der Waals surface area contributed by atoms with Gasteiger partial charge in [-0.2, -0.15) is 0 Å². The molecule has 4 aliphatic rings. The summed E-state index contributed by atoms with van der Waals surface area (Å²) in [5, 5.41) is 11.3. The molecule has 4 fully saturated rings. The monoisotopic (exact) mass is 263 g/mol. The van der Waals surface area contributed by atoms with Gasteiger partial charge >= 0.3 is 0 Å². The van der Waals surface area contributed by atoms with E-state index in [9.17, 15) is 4.79 Å². The number of rotatable bonds is 2. The Bertz CT molecular complexity index is 431. The Labute approximate surface area is 110 Å². The van der Waals surface area contributed by atoms with Crippen LogP contribution in [0.4, 0.5) is 5.13 Å². The normalized spacial score (nSPS) is 41.0. The van der Waals surface area contributed by atoms with Gasteiger partial charge in [-0.3, -0.25) is 4.79 Å². The Balaban J connectivity index is 1.52. The number of nitrogens with zero attached hydrogens (tertiary/aromatic N) is 2. The fourth-order valence-electron chi connectivity index (χ4n) is 4.77. The molecule has 96 valence electrons. The summed E-state index contributed by atoms with van der Waals surface area (Å²) < 4.78 is 0. The number of aromatic nitrogens is 2. The summed E-state index contributed by atoms with van der Waals surface area (Å²) >= 11 is 1.40. The molecule has 0 aliphatic heterocycles.